The summed E-state index contributed by atoms with van der Waals surface area (Å²) < 4.78 is 5.40. The zero-order valence-corrected chi connectivity index (χ0v) is 31.7. The fourth-order valence-electron chi connectivity index (χ4n) is 7.78. The van der Waals surface area contributed by atoms with Gasteiger partial charge in [0.15, 0.2) is 0 Å². The van der Waals surface area contributed by atoms with E-state index >= 15 is 0 Å². The molecule has 1 heterocycles. The van der Waals surface area contributed by atoms with Gasteiger partial charge in [-0.05, 0) is 53.9 Å². The van der Waals surface area contributed by atoms with E-state index in [0.717, 1.165) is 32.1 Å². The van der Waals surface area contributed by atoms with Crippen LogP contribution in [-0.4, -0.2) is 103 Å². The first-order valence-electron chi connectivity index (χ1n) is 18.3. The molecule has 14 nitrogen and oxygen atoms in total. The van der Waals surface area contributed by atoms with Crippen LogP contribution >= 0.6 is 0 Å². The maximum absolute atomic E-state index is 14.4. The summed E-state index contributed by atoms with van der Waals surface area (Å²) in [6.07, 6.45) is 3.65. The highest BCUT2D eigenvalue weighted by Gasteiger charge is 2.70. The number of piperidine rings is 1. The monoisotopic (exact) mass is 724 g/mol. The van der Waals surface area contributed by atoms with Crippen molar-refractivity contribution < 1.29 is 38.3 Å². The summed E-state index contributed by atoms with van der Waals surface area (Å²) in [5.74, 6) is -4.07. The van der Waals surface area contributed by atoms with Crippen LogP contribution < -0.4 is 21.3 Å². The van der Waals surface area contributed by atoms with E-state index in [9.17, 15) is 33.6 Å². The number of likely N-dealkylation sites (tertiary alicyclic amines) is 1. The molecule has 2 unspecified atom stereocenters. The number of hydrogen-bond acceptors (Lipinski definition) is 8. The average molecular weight is 725 g/mol. The molecular formula is C38H56N6O8. The van der Waals surface area contributed by atoms with Gasteiger partial charge >= 0.3 is 6.09 Å². The minimum absolute atomic E-state index is 0.0480. The first-order valence-corrected chi connectivity index (χ1v) is 18.3. The first kappa shape index (κ1) is 40.3. The van der Waals surface area contributed by atoms with E-state index in [1.54, 1.807) is 44.4 Å². The van der Waals surface area contributed by atoms with Gasteiger partial charge in [-0.2, -0.15) is 0 Å². The second-order valence-corrected chi connectivity index (χ2v) is 16.1. The van der Waals surface area contributed by atoms with Crippen LogP contribution in [0.5, 0.6) is 0 Å². The van der Waals surface area contributed by atoms with E-state index in [0.29, 0.717) is 12.1 Å². The Bertz CT molecular complexity index is 1520. The van der Waals surface area contributed by atoms with E-state index < -0.39 is 65.7 Å². The number of carbonyl (C=O) groups is 7. The Kier molecular flexibility index (Phi) is 12.7. The second-order valence-electron chi connectivity index (χ2n) is 16.1. The lowest BCUT2D eigenvalue weighted by atomic mass is 9.70. The molecule has 3 fully saturated rings. The Morgan fingerprint density at radius 2 is 1.54 bits per heavy atom. The molecule has 1 aliphatic heterocycles. The molecule has 2 aliphatic carbocycles. The highest BCUT2D eigenvalue weighted by atomic mass is 16.5. The molecule has 1 saturated heterocycles. The maximum atomic E-state index is 14.4. The van der Waals surface area contributed by atoms with Gasteiger partial charge < -0.3 is 35.8 Å². The van der Waals surface area contributed by atoms with Crippen LogP contribution in [0.15, 0.2) is 30.3 Å². The number of amides is 6. The molecule has 4 rings (SSSR count). The van der Waals surface area contributed by atoms with Crippen molar-refractivity contribution in [3.8, 4) is 0 Å². The number of ketones is 1. The lowest BCUT2D eigenvalue weighted by molar-refractivity contribution is -0.146. The fraction of sp³-hybridized carbons (Fsp3) is 0.658. The molecule has 52 heavy (non-hydrogen) atoms. The Morgan fingerprint density at radius 1 is 0.904 bits per heavy atom. The quantitative estimate of drug-likeness (QED) is 0.211. The van der Waals surface area contributed by atoms with E-state index in [2.05, 4.69) is 21.3 Å². The zero-order chi connectivity index (χ0) is 38.5. The van der Waals surface area contributed by atoms with E-state index in [4.69, 9.17) is 4.74 Å². The van der Waals surface area contributed by atoms with Crippen molar-refractivity contribution >= 4 is 41.4 Å². The van der Waals surface area contributed by atoms with Crippen LogP contribution in [0.25, 0.3) is 0 Å². The van der Waals surface area contributed by atoms with Gasteiger partial charge in [0, 0.05) is 20.6 Å². The Balaban J connectivity index is 1.42. The van der Waals surface area contributed by atoms with Gasteiger partial charge in [0.1, 0.15) is 18.1 Å². The third kappa shape index (κ3) is 9.11. The lowest BCUT2D eigenvalue weighted by Crippen LogP contribution is -2.61. The largest absolute Gasteiger partial charge is 0.449 e. The third-order valence-corrected chi connectivity index (χ3v) is 11.0. The SMILES string of the molecule is CC(C)COC(=O)N[C@H](C(=O)N1CC2C([C@H]1C(=O)N[C@@H](C)C(=O)C(=O)NCC(=O)N[C@H](C(=O)N(C)C)c1ccccc1)C2(C)C)C1(C)CCCCC1. The molecule has 14 heteroatoms. The van der Waals surface area contributed by atoms with Gasteiger partial charge in [-0.1, -0.05) is 84.2 Å². The molecule has 1 aromatic carbocycles. The van der Waals surface area contributed by atoms with Crippen molar-refractivity contribution in [1.29, 1.82) is 0 Å². The number of fused-ring (bicyclic) bond motifs is 1. The number of hydrogen-bond donors (Lipinski definition) is 4. The Morgan fingerprint density at radius 3 is 2.13 bits per heavy atom. The maximum Gasteiger partial charge on any atom is 0.407 e. The van der Waals surface area contributed by atoms with E-state index in [1.807, 2.05) is 34.6 Å². The van der Waals surface area contributed by atoms with Gasteiger partial charge in [-0.3, -0.25) is 28.8 Å². The second kappa shape index (κ2) is 16.5. The van der Waals surface area contributed by atoms with Crippen molar-refractivity contribution in [2.45, 2.75) is 97.8 Å². The topological polar surface area (TPSA) is 183 Å². The highest BCUT2D eigenvalue weighted by molar-refractivity contribution is 6.38. The standard InChI is InChI=1S/C38H56N6O8/c1-22(2)21-52-36(51)42-31(38(6)17-13-10-14-18-38)35(50)44-20-25-27(37(25,4)5)29(44)32(47)40-23(3)30(46)33(48)39-19-26(45)41-28(34(49)43(7)8)24-15-11-9-12-16-24/h9,11-12,15-16,22-23,25,27-29,31H,10,13-14,17-21H2,1-8H3,(H,39,48)(H,40,47)(H,41,45)(H,42,51)/t23-,25?,27?,28-,29-,31+/m0/s1. The molecule has 0 radical (unpaired) electrons. The number of carbonyl (C=O) groups excluding carboxylic acids is 7. The number of Topliss-reactive ketones (excluding diaryl/α,β-unsaturated/α-hetero) is 1. The summed E-state index contributed by atoms with van der Waals surface area (Å²) in [4.78, 5) is 95.6. The fourth-order valence-corrected chi connectivity index (χ4v) is 7.78. The number of benzene rings is 1. The van der Waals surface area contributed by atoms with Crippen molar-refractivity contribution in [3.63, 3.8) is 0 Å². The number of nitrogens with one attached hydrogen (secondary N) is 4. The summed E-state index contributed by atoms with van der Waals surface area (Å²) in [5.41, 5.74) is -0.213. The van der Waals surface area contributed by atoms with Gasteiger partial charge in [-0.15, -0.1) is 0 Å². The van der Waals surface area contributed by atoms with Crippen molar-refractivity contribution in [1.82, 2.24) is 31.1 Å². The lowest BCUT2D eigenvalue weighted by Gasteiger charge is -2.43. The van der Waals surface area contributed by atoms with Crippen LogP contribution in [0.4, 0.5) is 4.79 Å². The molecule has 4 N–H and O–H groups in total. The molecule has 286 valence electrons. The van der Waals surface area contributed by atoms with Crippen molar-refractivity contribution in [2.75, 3.05) is 33.8 Å². The van der Waals surface area contributed by atoms with E-state index in [-0.39, 0.29) is 41.6 Å². The number of nitrogens with zero attached hydrogens (tertiary/aromatic N) is 2. The van der Waals surface area contributed by atoms with Crippen molar-refractivity contribution in [2.24, 2.45) is 28.6 Å². The highest BCUT2D eigenvalue weighted by Crippen LogP contribution is 2.65. The number of likely N-dealkylation sites (N-methyl/N-ethyl adjacent to an activating group) is 1. The van der Waals surface area contributed by atoms with Crippen LogP contribution in [0.3, 0.4) is 0 Å². The molecule has 0 bridgehead atoms. The summed E-state index contributed by atoms with van der Waals surface area (Å²) in [6, 6.07) is 4.54. The molecule has 1 aromatic rings. The predicted octanol–water partition coefficient (Wildman–Crippen LogP) is 2.33. The molecule has 2 saturated carbocycles. The molecular weight excluding hydrogens is 668 g/mol. The third-order valence-electron chi connectivity index (χ3n) is 11.0. The van der Waals surface area contributed by atoms with Gasteiger partial charge in [0.25, 0.3) is 5.91 Å². The normalized spacial score (nSPS) is 22.9. The minimum Gasteiger partial charge on any atom is -0.449 e. The van der Waals surface area contributed by atoms with Gasteiger partial charge in [0.2, 0.25) is 29.4 Å². The Labute approximate surface area is 306 Å². The molecule has 3 aliphatic rings. The smallest absolute Gasteiger partial charge is 0.407 e. The van der Waals surface area contributed by atoms with Crippen LogP contribution in [-0.2, 0) is 33.5 Å². The molecule has 6 atom stereocenters. The zero-order valence-electron chi connectivity index (χ0n) is 31.7. The summed E-state index contributed by atoms with van der Waals surface area (Å²) >= 11 is 0. The number of rotatable bonds is 14. The average Bonchev–Trinajstić information content (AvgIpc) is 3.40. The minimum atomic E-state index is -1.27. The predicted molar refractivity (Wildman–Crippen MR) is 192 cm³/mol. The number of ether oxygens (including phenoxy) is 1. The number of alkyl carbamates (subject to hydrolysis) is 1. The summed E-state index contributed by atoms with van der Waals surface area (Å²) in [5, 5.41) is 10.4. The first-order chi connectivity index (χ1) is 24.4. The molecule has 6 amide bonds. The van der Waals surface area contributed by atoms with Crippen LogP contribution in [0, 0.1) is 28.6 Å². The summed E-state index contributed by atoms with van der Waals surface area (Å²) in [6.45, 7) is 11.2. The molecule has 0 spiro atoms. The van der Waals surface area contributed by atoms with Crippen LogP contribution in [0.1, 0.15) is 85.3 Å². The summed E-state index contributed by atoms with van der Waals surface area (Å²) in [7, 11) is 3.12. The van der Waals surface area contributed by atoms with Gasteiger partial charge in [-0.25, -0.2) is 4.79 Å². The Hall–Kier alpha value is -4.49. The van der Waals surface area contributed by atoms with E-state index in [1.165, 1.54) is 16.7 Å². The van der Waals surface area contributed by atoms with Crippen LogP contribution in [0.2, 0.25) is 0 Å². The molecule has 0 aromatic heterocycles. The van der Waals surface area contributed by atoms with Crippen molar-refractivity contribution in [3.05, 3.63) is 35.9 Å². The van der Waals surface area contributed by atoms with Gasteiger partial charge in [0.05, 0.1) is 19.2 Å².